The number of allylic oxidation sites excluding steroid dienone is 3. The Balaban J connectivity index is 1.63. The summed E-state index contributed by atoms with van der Waals surface area (Å²) in [6.45, 7) is 3.19. The topological polar surface area (TPSA) is 56.2 Å². The fraction of sp³-hybridized carbons (Fsp3) is 0.375. The van der Waals surface area contributed by atoms with Crippen molar-refractivity contribution in [1.82, 2.24) is 10.0 Å². The SMILES string of the molecule is C1=C\C/C(c2ccncc2)=N\OC\C(ON2CCOCC2)=C/1. The summed E-state index contributed by atoms with van der Waals surface area (Å²) in [6, 6.07) is 3.85. The van der Waals surface area contributed by atoms with E-state index in [4.69, 9.17) is 14.4 Å². The van der Waals surface area contributed by atoms with Crippen molar-refractivity contribution in [2.45, 2.75) is 6.42 Å². The van der Waals surface area contributed by atoms with Crippen molar-refractivity contribution in [2.75, 3.05) is 32.9 Å². The van der Waals surface area contributed by atoms with Gasteiger partial charge in [0.15, 0.2) is 12.4 Å². The predicted octanol–water partition coefficient (Wildman–Crippen LogP) is 1.91. The van der Waals surface area contributed by atoms with Crippen LogP contribution >= 0.6 is 0 Å². The van der Waals surface area contributed by atoms with E-state index in [1.54, 1.807) is 12.4 Å². The molecule has 0 bridgehead atoms. The van der Waals surface area contributed by atoms with Crippen LogP contribution in [0.15, 0.2) is 53.7 Å². The maximum Gasteiger partial charge on any atom is 0.176 e. The van der Waals surface area contributed by atoms with Crippen molar-refractivity contribution >= 4 is 5.71 Å². The number of pyridine rings is 1. The molecule has 1 fully saturated rings. The average molecular weight is 301 g/mol. The van der Waals surface area contributed by atoms with Gasteiger partial charge in [-0.25, -0.2) is 0 Å². The summed E-state index contributed by atoms with van der Waals surface area (Å²) in [5, 5.41) is 6.12. The van der Waals surface area contributed by atoms with Crippen LogP contribution in [-0.4, -0.2) is 48.7 Å². The van der Waals surface area contributed by atoms with E-state index in [1.807, 2.05) is 35.4 Å². The molecule has 6 heteroatoms. The van der Waals surface area contributed by atoms with Gasteiger partial charge in [0.25, 0.3) is 0 Å². The van der Waals surface area contributed by atoms with Gasteiger partial charge in [0, 0.05) is 24.4 Å². The van der Waals surface area contributed by atoms with Crippen LogP contribution in [-0.2, 0) is 14.4 Å². The first-order valence-electron chi connectivity index (χ1n) is 7.37. The smallest absolute Gasteiger partial charge is 0.176 e. The first-order valence-corrected chi connectivity index (χ1v) is 7.37. The van der Waals surface area contributed by atoms with Crippen molar-refractivity contribution < 1.29 is 14.4 Å². The fourth-order valence-corrected chi connectivity index (χ4v) is 2.19. The number of aromatic nitrogens is 1. The number of oxime groups is 1. The maximum atomic E-state index is 5.82. The molecule has 0 aromatic carbocycles. The van der Waals surface area contributed by atoms with Crippen molar-refractivity contribution in [3.05, 3.63) is 54.1 Å². The zero-order chi connectivity index (χ0) is 15.0. The summed E-state index contributed by atoms with van der Waals surface area (Å²) in [7, 11) is 0. The minimum atomic E-state index is 0.302. The highest BCUT2D eigenvalue weighted by Crippen LogP contribution is 2.11. The van der Waals surface area contributed by atoms with Crippen LogP contribution in [0.4, 0.5) is 0 Å². The molecule has 0 aliphatic carbocycles. The zero-order valence-electron chi connectivity index (χ0n) is 12.4. The van der Waals surface area contributed by atoms with Gasteiger partial charge >= 0.3 is 0 Å². The predicted molar refractivity (Wildman–Crippen MR) is 82.0 cm³/mol. The quantitative estimate of drug-likeness (QED) is 0.853. The number of hydrogen-bond acceptors (Lipinski definition) is 6. The lowest BCUT2D eigenvalue weighted by Crippen LogP contribution is -2.36. The van der Waals surface area contributed by atoms with Gasteiger partial charge in [0.05, 0.1) is 32.0 Å². The van der Waals surface area contributed by atoms with Gasteiger partial charge in [0.2, 0.25) is 0 Å². The molecule has 0 spiro atoms. The van der Waals surface area contributed by atoms with Crippen LogP contribution in [0.3, 0.4) is 0 Å². The lowest BCUT2D eigenvalue weighted by atomic mass is 10.1. The van der Waals surface area contributed by atoms with Crippen LogP contribution in [0.2, 0.25) is 0 Å². The van der Waals surface area contributed by atoms with Crippen molar-refractivity contribution in [3.8, 4) is 0 Å². The minimum absolute atomic E-state index is 0.302. The van der Waals surface area contributed by atoms with Gasteiger partial charge < -0.3 is 14.4 Å². The number of morpholine rings is 1. The number of ether oxygens (including phenoxy) is 1. The minimum Gasteiger partial charge on any atom is -0.406 e. The summed E-state index contributed by atoms with van der Waals surface area (Å²) in [6.07, 6.45) is 10.1. The Labute approximate surface area is 129 Å². The van der Waals surface area contributed by atoms with Crippen molar-refractivity contribution in [3.63, 3.8) is 0 Å². The molecule has 0 amide bonds. The third-order valence-corrected chi connectivity index (χ3v) is 3.34. The number of hydrogen-bond donors (Lipinski definition) is 0. The first-order chi connectivity index (χ1) is 10.9. The average Bonchev–Trinajstić information content (AvgIpc) is 2.69. The van der Waals surface area contributed by atoms with Crippen LogP contribution in [0.5, 0.6) is 0 Å². The molecule has 3 heterocycles. The lowest BCUT2D eigenvalue weighted by molar-refractivity contribution is -0.170. The number of nitrogens with zero attached hydrogens (tertiary/aromatic N) is 3. The monoisotopic (exact) mass is 301 g/mol. The standard InChI is InChI=1S/C16H19N3O3/c1-2-4-16(14-5-7-17-8-6-14)18-21-13-15(3-1)22-19-9-11-20-12-10-19/h1-3,5-8H,4,9-13H2/b2-1-,15-3+,18-16+. The Morgan fingerprint density at radius 2 is 1.95 bits per heavy atom. The van der Waals surface area contributed by atoms with Crippen molar-refractivity contribution in [1.29, 1.82) is 0 Å². The summed E-state index contributed by atoms with van der Waals surface area (Å²) in [5.41, 5.74) is 1.89. The molecule has 0 N–H and O–H groups in total. The Bertz CT molecular complexity index is 563. The highest BCUT2D eigenvalue weighted by Gasteiger charge is 2.14. The summed E-state index contributed by atoms with van der Waals surface area (Å²) < 4.78 is 5.30. The maximum absolute atomic E-state index is 5.82. The molecule has 22 heavy (non-hydrogen) atoms. The van der Waals surface area contributed by atoms with E-state index in [0.717, 1.165) is 30.1 Å². The molecular formula is C16H19N3O3. The molecular weight excluding hydrogens is 282 g/mol. The Hall–Kier alpha value is -2.18. The molecule has 0 saturated carbocycles. The molecule has 2 aliphatic rings. The van der Waals surface area contributed by atoms with Crippen LogP contribution < -0.4 is 0 Å². The Morgan fingerprint density at radius 1 is 1.14 bits per heavy atom. The molecule has 0 radical (unpaired) electrons. The van der Waals surface area contributed by atoms with E-state index >= 15 is 0 Å². The van der Waals surface area contributed by atoms with E-state index in [0.29, 0.717) is 26.2 Å². The second-order valence-corrected chi connectivity index (χ2v) is 4.95. The third-order valence-electron chi connectivity index (χ3n) is 3.34. The Morgan fingerprint density at radius 3 is 2.77 bits per heavy atom. The molecule has 1 aromatic rings. The van der Waals surface area contributed by atoms with E-state index < -0.39 is 0 Å². The molecule has 2 aliphatic heterocycles. The molecule has 6 nitrogen and oxygen atoms in total. The normalized spacial score (nSPS) is 26.2. The molecule has 116 valence electrons. The molecule has 3 rings (SSSR count). The summed E-state index contributed by atoms with van der Waals surface area (Å²) in [4.78, 5) is 15.3. The second-order valence-electron chi connectivity index (χ2n) is 4.95. The van der Waals surface area contributed by atoms with E-state index in [-0.39, 0.29) is 0 Å². The van der Waals surface area contributed by atoms with Gasteiger partial charge in [-0.15, -0.1) is 5.06 Å². The van der Waals surface area contributed by atoms with E-state index in [9.17, 15) is 0 Å². The summed E-state index contributed by atoms with van der Waals surface area (Å²) in [5.74, 6) is 0.734. The van der Waals surface area contributed by atoms with Crippen LogP contribution in [0, 0.1) is 0 Å². The largest absolute Gasteiger partial charge is 0.406 e. The molecule has 0 unspecified atom stereocenters. The van der Waals surface area contributed by atoms with E-state index in [1.165, 1.54) is 0 Å². The fourth-order valence-electron chi connectivity index (χ4n) is 2.19. The van der Waals surface area contributed by atoms with Gasteiger partial charge in [0.1, 0.15) is 0 Å². The second kappa shape index (κ2) is 7.72. The zero-order valence-corrected chi connectivity index (χ0v) is 12.4. The van der Waals surface area contributed by atoms with Gasteiger partial charge in [-0.05, 0) is 18.2 Å². The number of rotatable bonds is 3. The molecule has 0 atom stereocenters. The van der Waals surface area contributed by atoms with E-state index in [2.05, 4.69) is 10.1 Å². The van der Waals surface area contributed by atoms with Crippen LogP contribution in [0.25, 0.3) is 0 Å². The third kappa shape index (κ3) is 4.16. The summed E-state index contributed by atoms with van der Waals surface area (Å²) >= 11 is 0. The highest BCUT2D eigenvalue weighted by molar-refractivity contribution is 6.00. The molecule has 1 saturated heterocycles. The highest BCUT2D eigenvalue weighted by atomic mass is 16.7. The van der Waals surface area contributed by atoms with Gasteiger partial charge in [-0.2, -0.15) is 0 Å². The lowest BCUT2D eigenvalue weighted by Gasteiger charge is -2.26. The number of hydroxylamine groups is 2. The van der Waals surface area contributed by atoms with Crippen LogP contribution in [0.1, 0.15) is 12.0 Å². The van der Waals surface area contributed by atoms with Gasteiger partial charge in [-0.3, -0.25) is 4.98 Å². The molecule has 1 aromatic heterocycles. The van der Waals surface area contributed by atoms with Gasteiger partial charge in [-0.1, -0.05) is 17.3 Å². The Kier molecular flexibility index (Phi) is 5.18. The van der Waals surface area contributed by atoms with Crippen molar-refractivity contribution in [2.24, 2.45) is 5.16 Å². The first kappa shape index (κ1) is 14.7.